The van der Waals surface area contributed by atoms with Gasteiger partial charge in [-0.15, -0.1) is 0 Å². The van der Waals surface area contributed by atoms with Gasteiger partial charge < -0.3 is 16.0 Å². The van der Waals surface area contributed by atoms with Gasteiger partial charge in [-0.1, -0.05) is 6.92 Å². The van der Waals surface area contributed by atoms with E-state index in [0.29, 0.717) is 6.54 Å². The van der Waals surface area contributed by atoms with E-state index in [9.17, 15) is 4.79 Å². The number of amides is 1. The van der Waals surface area contributed by atoms with Crippen molar-refractivity contribution in [2.24, 2.45) is 5.73 Å². The van der Waals surface area contributed by atoms with E-state index in [-0.39, 0.29) is 11.9 Å². The zero-order chi connectivity index (χ0) is 11.4. The Labute approximate surface area is 86.8 Å². The lowest BCUT2D eigenvalue weighted by atomic mass is 9.99. The highest BCUT2D eigenvalue weighted by atomic mass is 16.1. The highest BCUT2D eigenvalue weighted by Crippen LogP contribution is 2.06. The third-order valence-corrected chi connectivity index (χ3v) is 2.28. The first-order valence-electron chi connectivity index (χ1n) is 5.08. The van der Waals surface area contributed by atoms with Crippen LogP contribution in [0.25, 0.3) is 0 Å². The van der Waals surface area contributed by atoms with Gasteiger partial charge in [0, 0.05) is 12.6 Å². The average molecular weight is 201 g/mol. The van der Waals surface area contributed by atoms with Crippen LogP contribution in [-0.2, 0) is 4.79 Å². The van der Waals surface area contributed by atoms with Crippen LogP contribution in [0.4, 0.5) is 0 Å². The molecule has 0 spiro atoms. The van der Waals surface area contributed by atoms with Gasteiger partial charge >= 0.3 is 0 Å². The largest absolute Gasteiger partial charge is 0.368 e. The standard InChI is InChI=1S/C10H23N3O/c1-6-13(5)7-10(4,9(11)14)12-8(2)3/h8,12H,6-7H2,1-5H3,(H2,11,14). The van der Waals surface area contributed by atoms with Crippen molar-refractivity contribution < 1.29 is 4.79 Å². The molecule has 0 aromatic rings. The minimum Gasteiger partial charge on any atom is -0.368 e. The van der Waals surface area contributed by atoms with Gasteiger partial charge in [0.15, 0.2) is 0 Å². The maximum atomic E-state index is 11.3. The molecule has 84 valence electrons. The monoisotopic (exact) mass is 201 g/mol. The summed E-state index contributed by atoms with van der Waals surface area (Å²) in [7, 11) is 1.98. The molecule has 0 radical (unpaired) electrons. The molecule has 0 aliphatic rings. The predicted octanol–water partition coefficient (Wildman–Crippen LogP) is 0.180. The zero-order valence-electron chi connectivity index (χ0n) is 9.92. The fourth-order valence-electron chi connectivity index (χ4n) is 1.48. The fourth-order valence-corrected chi connectivity index (χ4v) is 1.48. The van der Waals surface area contributed by atoms with Crippen molar-refractivity contribution in [3.05, 3.63) is 0 Å². The third-order valence-electron chi connectivity index (χ3n) is 2.28. The molecule has 3 N–H and O–H groups in total. The molecule has 1 unspecified atom stereocenters. The van der Waals surface area contributed by atoms with Crippen LogP contribution in [0.3, 0.4) is 0 Å². The van der Waals surface area contributed by atoms with Crippen molar-refractivity contribution in [1.29, 1.82) is 0 Å². The Kier molecular flexibility index (Phi) is 5.08. The summed E-state index contributed by atoms with van der Waals surface area (Å²) >= 11 is 0. The van der Waals surface area contributed by atoms with Crippen LogP contribution in [0.1, 0.15) is 27.7 Å². The fraction of sp³-hybridized carbons (Fsp3) is 0.900. The van der Waals surface area contributed by atoms with Crippen molar-refractivity contribution in [1.82, 2.24) is 10.2 Å². The molecular weight excluding hydrogens is 178 g/mol. The Bertz CT molecular complexity index is 194. The van der Waals surface area contributed by atoms with Crippen LogP contribution in [0, 0.1) is 0 Å². The quantitative estimate of drug-likeness (QED) is 0.644. The molecule has 0 aromatic carbocycles. The van der Waals surface area contributed by atoms with E-state index in [0.717, 1.165) is 6.54 Å². The van der Waals surface area contributed by atoms with Gasteiger partial charge in [-0.2, -0.15) is 0 Å². The molecule has 4 heteroatoms. The lowest BCUT2D eigenvalue weighted by molar-refractivity contribution is -0.124. The molecular formula is C10H23N3O. The van der Waals surface area contributed by atoms with E-state index in [2.05, 4.69) is 17.1 Å². The second-order valence-electron chi connectivity index (χ2n) is 4.33. The van der Waals surface area contributed by atoms with Crippen molar-refractivity contribution in [3.63, 3.8) is 0 Å². The lowest BCUT2D eigenvalue weighted by Crippen LogP contribution is -2.60. The summed E-state index contributed by atoms with van der Waals surface area (Å²) < 4.78 is 0. The normalized spacial score (nSPS) is 15.9. The Morgan fingerprint density at radius 2 is 2.07 bits per heavy atom. The molecule has 4 nitrogen and oxygen atoms in total. The number of hydrogen-bond donors (Lipinski definition) is 2. The SMILES string of the molecule is CCN(C)CC(C)(NC(C)C)C(N)=O. The predicted molar refractivity (Wildman–Crippen MR) is 59.0 cm³/mol. The maximum Gasteiger partial charge on any atom is 0.238 e. The van der Waals surface area contributed by atoms with Crippen LogP contribution in [0.2, 0.25) is 0 Å². The summed E-state index contributed by atoms with van der Waals surface area (Å²) in [4.78, 5) is 13.4. The number of nitrogens with one attached hydrogen (secondary N) is 1. The van der Waals surface area contributed by atoms with Crippen molar-refractivity contribution in [2.45, 2.75) is 39.3 Å². The number of carbonyl (C=O) groups is 1. The van der Waals surface area contributed by atoms with E-state index >= 15 is 0 Å². The summed E-state index contributed by atoms with van der Waals surface area (Å²) in [6.07, 6.45) is 0. The maximum absolute atomic E-state index is 11.3. The summed E-state index contributed by atoms with van der Waals surface area (Å²) in [5, 5.41) is 3.20. The Morgan fingerprint density at radius 1 is 1.57 bits per heavy atom. The summed E-state index contributed by atoms with van der Waals surface area (Å²) in [5.74, 6) is -0.300. The highest BCUT2D eigenvalue weighted by Gasteiger charge is 2.32. The third kappa shape index (κ3) is 4.07. The van der Waals surface area contributed by atoms with E-state index in [4.69, 9.17) is 5.73 Å². The van der Waals surface area contributed by atoms with E-state index < -0.39 is 5.54 Å². The molecule has 14 heavy (non-hydrogen) atoms. The zero-order valence-corrected chi connectivity index (χ0v) is 9.92. The van der Waals surface area contributed by atoms with Gasteiger partial charge in [0.05, 0.1) is 0 Å². The number of nitrogens with zero attached hydrogens (tertiary/aromatic N) is 1. The van der Waals surface area contributed by atoms with Crippen molar-refractivity contribution in [3.8, 4) is 0 Å². The van der Waals surface area contributed by atoms with E-state index in [1.807, 2.05) is 27.8 Å². The minimum absolute atomic E-state index is 0.248. The molecule has 0 fully saturated rings. The van der Waals surface area contributed by atoms with Crippen LogP contribution in [-0.4, -0.2) is 42.5 Å². The lowest BCUT2D eigenvalue weighted by Gasteiger charge is -2.33. The molecule has 0 bridgehead atoms. The Hall–Kier alpha value is -0.610. The average Bonchev–Trinajstić information content (AvgIpc) is 2.02. The van der Waals surface area contributed by atoms with Crippen molar-refractivity contribution in [2.75, 3.05) is 20.1 Å². The number of rotatable bonds is 6. The van der Waals surface area contributed by atoms with Crippen LogP contribution < -0.4 is 11.1 Å². The molecule has 0 saturated carbocycles. The van der Waals surface area contributed by atoms with E-state index in [1.54, 1.807) is 0 Å². The van der Waals surface area contributed by atoms with Gasteiger partial charge in [0.2, 0.25) is 5.91 Å². The molecule has 0 rings (SSSR count). The van der Waals surface area contributed by atoms with Crippen LogP contribution in [0.5, 0.6) is 0 Å². The van der Waals surface area contributed by atoms with Crippen LogP contribution >= 0.6 is 0 Å². The van der Waals surface area contributed by atoms with Crippen molar-refractivity contribution >= 4 is 5.91 Å². The van der Waals surface area contributed by atoms with Crippen LogP contribution in [0.15, 0.2) is 0 Å². The first kappa shape index (κ1) is 13.4. The first-order valence-corrected chi connectivity index (χ1v) is 5.08. The molecule has 0 heterocycles. The number of likely N-dealkylation sites (N-methyl/N-ethyl adjacent to an activating group) is 1. The Morgan fingerprint density at radius 3 is 2.36 bits per heavy atom. The minimum atomic E-state index is -0.640. The molecule has 0 aliphatic heterocycles. The van der Waals surface area contributed by atoms with Gasteiger partial charge in [-0.05, 0) is 34.4 Å². The number of hydrogen-bond acceptors (Lipinski definition) is 3. The Balaban J connectivity index is 4.47. The molecule has 0 aliphatic carbocycles. The topological polar surface area (TPSA) is 58.4 Å². The summed E-state index contributed by atoms with van der Waals surface area (Å²) in [6, 6.07) is 0.248. The number of carbonyl (C=O) groups excluding carboxylic acids is 1. The van der Waals surface area contributed by atoms with Gasteiger partial charge in [0.25, 0.3) is 0 Å². The number of nitrogens with two attached hydrogens (primary N) is 1. The van der Waals surface area contributed by atoms with Gasteiger partial charge in [-0.25, -0.2) is 0 Å². The number of primary amides is 1. The summed E-state index contributed by atoms with van der Waals surface area (Å²) in [5.41, 5.74) is 4.75. The molecule has 1 amide bonds. The second-order valence-corrected chi connectivity index (χ2v) is 4.33. The van der Waals surface area contributed by atoms with Gasteiger partial charge in [0.1, 0.15) is 5.54 Å². The molecule has 0 saturated heterocycles. The van der Waals surface area contributed by atoms with E-state index in [1.165, 1.54) is 0 Å². The second kappa shape index (κ2) is 5.32. The smallest absolute Gasteiger partial charge is 0.238 e. The highest BCUT2D eigenvalue weighted by molar-refractivity contribution is 5.84. The first-order chi connectivity index (χ1) is 6.31. The molecule has 1 atom stereocenters. The molecule has 0 aromatic heterocycles. The van der Waals surface area contributed by atoms with Gasteiger partial charge in [-0.3, -0.25) is 4.79 Å². The summed E-state index contributed by atoms with van der Waals surface area (Å²) in [6.45, 7) is 9.46.